The fourth-order valence-corrected chi connectivity index (χ4v) is 3.05. The summed E-state index contributed by atoms with van der Waals surface area (Å²) in [5.41, 5.74) is 8.06. The second-order valence-corrected chi connectivity index (χ2v) is 6.18. The predicted molar refractivity (Wildman–Crippen MR) is 95.1 cm³/mol. The molecule has 1 heterocycles. The highest BCUT2D eigenvalue weighted by Gasteiger charge is 2.09. The summed E-state index contributed by atoms with van der Waals surface area (Å²) in [6.45, 7) is 4.10. The van der Waals surface area contributed by atoms with Crippen LogP contribution in [0.3, 0.4) is 0 Å². The second kappa shape index (κ2) is 9.62. The monoisotopic (exact) mass is 301 g/mol. The minimum absolute atomic E-state index is 0.737. The van der Waals surface area contributed by atoms with Crippen molar-refractivity contribution in [1.29, 1.82) is 0 Å². The molecule has 0 amide bonds. The number of imidazole rings is 1. The molecule has 2 rings (SSSR count). The first-order chi connectivity index (χ1) is 10.9. The van der Waals surface area contributed by atoms with E-state index in [0.717, 1.165) is 31.4 Å². The average Bonchev–Trinajstić information content (AvgIpc) is 2.90. The first kappa shape index (κ1) is 17.0. The standard InChI is InChI=1S/C19H31N3/c1-2-3-4-5-6-7-10-16-22-18-13-9-8-12-17(18)21-19(22)14-11-15-20/h8-9,12-13H,2-7,10-11,14-16,20H2,1H3. The van der Waals surface area contributed by atoms with E-state index < -0.39 is 0 Å². The Bertz CT molecular complexity index is 545. The van der Waals surface area contributed by atoms with E-state index in [4.69, 9.17) is 10.7 Å². The van der Waals surface area contributed by atoms with Crippen LogP contribution in [-0.4, -0.2) is 16.1 Å². The third-order valence-corrected chi connectivity index (χ3v) is 4.32. The van der Waals surface area contributed by atoms with E-state index in [-0.39, 0.29) is 0 Å². The molecule has 2 N–H and O–H groups in total. The van der Waals surface area contributed by atoms with Crippen LogP contribution in [-0.2, 0) is 13.0 Å². The summed E-state index contributed by atoms with van der Waals surface area (Å²) < 4.78 is 2.41. The fraction of sp³-hybridized carbons (Fsp3) is 0.632. The van der Waals surface area contributed by atoms with Crippen LogP contribution in [0.5, 0.6) is 0 Å². The first-order valence-corrected chi connectivity index (χ1v) is 9.01. The Balaban J connectivity index is 1.90. The van der Waals surface area contributed by atoms with Gasteiger partial charge in [0.1, 0.15) is 5.82 Å². The molecule has 22 heavy (non-hydrogen) atoms. The van der Waals surface area contributed by atoms with Gasteiger partial charge in [0.2, 0.25) is 0 Å². The molecule has 1 aromatic carbocycles. The number of rotatable bonds is 11. The van der Waals surface area contributed by atoms with Gasteiger partial charge in [0.05, 0.1) is 11.0 Å². The lowest BCUT2D eigenvalue weighted by Gasteiger charge is -2.09. The van der Waals surface area contributed by atoms with Crippen LogP contribution < -0.4 is 5.73 Å². The topological polar surface area (TPSA) is 43.8 Å². The van der Waals surface area contributed by atoms with Gasteiger partial charge < -0.3 is 10.3 Å². The lowest BCUT2D eigenvalue weighted by Crippen LogP contribution is -2.07. The van der Waals surface area contributed by atoms with E-state index in [9.17, 15) is 0 Å². The van der Waals surface area contributed by atoms with Crippen LogP contribution in [0.4, 0.5) is 0 Å². The van der Waals surface area contributed by atoms with E-state index in [1.54, 1.807) is 0 Å². The highest BCUT2D eigenvalue weighted by molar-refractivity contribution is 5.75. The molecular weight excluding hydrogens is 270 g/mol. The number of aryl methyl sites for hydroxylation is 2. The third kappa shape index (κ3) is 4.84. The summed E-state index contributed by atoms with van der Waals surface area (Å²) in [7, 11) is 0. The first-order valence-electron chi connectivity index (χ1n) is 9.01. The Morgan fingerprint density at radius 3 is 2.45 bits per heavy atom. The van der Waals surface area contributed by atoms with Crippen LogP contribution in [0.2, 0.25) is 0 Å². The van der Waals surface area contributed by atoms with Gasteiger partial charge in [0.25, 0.3) is 0 Å². The van der Waals surface area contributed by atoms with Crippen molar-refractivity contribution in [3.63, 3.8) is 0 Å². The maximum absolute atomic E-state index is 5.66. The molecule has 3 heteroatoms. The summed E-state index contributed by atoms with van der Waals surface area (Å²) in [5.74, 6) is 1.21. The van der Waals surface area contributed by atoms with E-state index in [1.165, 1.54) is 56.3 Å². The molecule has 0 atom stereocenters. The number of benzene rings is 1. The Labute approximate surface area is 134 Å². The number of nitrogens with zero attached hydrogens (tertiary/aromatic N) is 2. The van der Waals surface area contributed by atoms with Crippen LogP contribution in [0.25, 0.3) is 11.0 Å². The van der Waals surface area contributed by atoms with Crippen molar-refractivity contribution >= 4 is 11.0 Å². The number of unbranched alkanes of at least 4 members (excludes halogenated alkanes) is 6. The molecule has 0 aliphatic heterocycles. The number of aromatic nitrogens is 2. The van der Waals surface area contributed by atoms with Crippen LogP contribution in [0.15, 0.2) is 24.3 Å². The average molecular weight is 301 g/mol. The van der Waals surface area contributed by atoms with Gasteiger partial charge >= 0.3 is 0 Å². The molecule has 0 radical (unpaired) electrons. The van der Waals surface area contributed by atoms with Crippen LogP contribution >= 0.6 is 0 Å². The molecule has 122 valence electrons. The largest absolute Gasteiger partial charge is 0.330 e. The molecule has 0 fully saturated rings. The maximum Gasteiger partial charge on any atom is 0.109 e. The Morgan fingerprint density at radius 1 is 0.955 bits per heavy atom. The lowest BCUT2D eigenvalue weighted by molar-refractivity contribution is 0.544. The summed E-state index contributed by atoms with van der Waals surface area (Å²) in [6.07, 6.45) is 11.4. The number of hydrogen-bond acceptors (Lipinski definition) is 2. The van der Waals surface area contributed by atoms with Gasteiger partial charge in [-0.25, -0.2) is 4.98 Å². The summed E-state index contributed by atoms with van der Waals surface area (Å²) in [6, 6.07) is 8.48. The summed E-state index contributed by atoms with van der Waals surface area (Å²) >= 11 is 0. The van der Waals surface area contributed by atoms with Crippen molar-refractivity contribution < 1.29 is 0 Å². The molecule has 2 aromatic rings. The van der Waals surface area contributed by atoms with Crippen molar-refractivity contribution in [1.82, 2.24) is 9.55 Å². The summed E-state index contributed by atoms with van der Waals surface area (Å²) in [4.78, 5) is 4.80. The zero-order valence-electron chi connectivity index (χ0n) is 14.1. The Morgan fingerprint density at radius 2 is 1.68 bits per heavy atom. The highest BCUT2D eigenvalue weighted by Crippen LogP contribution is 2.18. The quantitative estimate of drug-likeness (QED) is 0.612. The molecule has 0 aliphatic rings. The normalized spacial score (nSPS) is 11.4. The van der Waals surface area contributed by atoms with Gasteiger partial charge in [0.15, 0.2) is 0 Å². The van der Waals surface area contributed by atoms with Crippen molar-refractivity contribution in [3.8, 4) is 0 Å². The van der Waals surface area contributed by atoms with Gasteiger partial charge in [-0.05, 0) is 31.5 Å². The second-order valence-electron chi connectivity index (χ2n) is 6.18. The van der Waals surface area contributed by atoms with Crippen molar-refractivity contribution in [2.45, 2.75) is 71.3 Å². The van der Waals surface area contributed by atoms with E-state index in [1.807, 2.05) is 0 Å². The molecule has 1 aromatic heterocycles. The number of hydrogen-bond donors (Lipinski definition) is 1. The zero-order valence-corrected chi connectivity index (χ0v) is 14.1. The highest BCUT2D eigenvalue weighted by atomic mass is 15.1. The zero-order chi connectivity index (χ0) is 15.6. The predicted octanol–water partition coefficient (Wildman–Crippen LogP) is 4.68. The summed E-state index contributed by atoms with van der Waals surface area (Å²) in [5, 5.41) is 0. The maximum atomic E-state index is 5.66. The molecule has 0 saturated carbocycles. The molecule has 0 unspecified atom stereocenters. The van der Waals surface area contributed by atoms with E-state index >= 15 is 0 Å². The molecule has 0 spiro atoms. The molecule has 0 saturated heterocycles. The number of nitrogens with two attached hydrogens (primary N) is 1. The van der Waals surface area contributed by atoms with Gasteiger partial charge in [0, 0.05) is 13.0 Å². The Hall–Kier alpha value is -1.35. The van der Waals surface area contributed by atoms with E-state index in [0.29, 0.717) is 0 Å². The van der Waals surface area contributed by atoms with E-state index in [2.05, 4.69) is 35.8 Å². The van der Waals surface area contributed by atoms with Gasteiger partial charge in [-0.1, -0.05) is 57.6 Å². The number of para-hydroxylation sites is 2. The molecule has 0 aliphatic carbocycles. The molecule has 3 nitrogen and oxygen atoms in total. The van der Waals surface area contributed by atoms with Crippen molar-refractivity contribution in [2.75, 3.05) is 6.54 Å². The smallest absolute Gasteiger partial charge is 0.109 e. The van der Waals surface area contributed by atoms with Gasteiger partial charge in [-0.3, -0.25) is 0 Å². The minimum atomic E-state index is 0.737. The molecular formula is C19H31N3. The molecule has 0 bridgehead atoms. The lowest BCUT2D eigenvalue weighted by atomic mass is 10.1. The fourth-order valence-electron chi connectivity index (χ4n) is 3.05. The Kier molecular flexibility index (Phi) is 7.44. The van der Waals surface area contributed by atoms with Crippen LogP contribution in [0.1, 0.15) is 64.1 Å². The third-order valence-electron chi connectivity index (χ3n) is 4.32. The number of fused-ring (bicyclic) bond motifs is 1. The van der Waals surface area contributed by atoms with Gasteiger partial charge in [-0.15, -0.1) is 0 Å². The van der Waals surface area contributed by atoms with Gasteiger partial charge in [-0.2, -0.15) is 0 Å². The van der Waals surface area contributed by atoms with Crippen molar-refractivity contribution in [3.05, 3.63) is 30.1 Å². The van der Waals surface area contributed by atoms with Crippen LogP contribution in [0, 0.1) is 0 Å². The minimum Gasteiger partial charge on any atom is -0.330 e. The SMILES string of the molecule is CCCCCCCCCn1c(CCCN)nc2ccccc21. The van der Waals surface area contributed by atoms with Crippen molar-refractivity contribution in [2.24, 2.45) is 5.73 Å².